The summed E-state index contributed by atoms with van der Waals surface area (Å²) in [5.41, 5.74) is 0.165. The standard InChI is InChI=1S/C22H17F4NO2S3/c1-2-32(28,29)27(12-14-7-8-18(23)17(11-14)22(24,25)26)21-20(15-9-10-30-13-15)16-5-3-4-6-19(16)31-21/h3-11,13H,2,12H2,1H3. The van der Waals surface area contributed by atoms with E-state index < -0.39 is 27.6 Å². The Bertz CT molecular complexity index is 1360. The molecule has 0 aliphatic heterocycles. The molecule has 2 aromatic heterocycles. The summed E-state index contributed by atoms with van der Waals surface area (Å²) in [6.07, 6.45) is -4.88. The number of hydrogen-bond acceptors (Lipinski definition) is 4. The molecule has 0 N–H and O–H groups in total. The molecule has 0 saturated heterocycles. The predicted molar refractivity (Wildman–Crippen MR) is 122 cm³/mol. The zero-order valence-electron chi connectivity index (χ0n) is 16.7. The molecule has 3 nitrogen and oxygen atoms in total. The van der Waals surface area contributed by atoms with Crippen LogP contribution in [0.5, 0.6) is 0 Å². The Morgan fingerprint density at radius 3 is 2.47 bits per heavy atom. The van der Waals surface area contributed by atoms with Gasteiger partial charge in [0.25, 0.3) is 0 Å². The van der Waals surface area contributed by atoms with Gasteiger partial charge in [-0.25, -0.2) is 12.8 Å². The van der Waals surface area contributed by atoms with Crippen LogP contribution in [0.2, 0.25) is 0 Å². The molecule has 4 aromatic rings. The lowest BCUT2D eigenvalue weighted by molar-refractivity contribution is -0.140. The fourth-order valence-electron chi connectivity index (χ4n) is 3.40. The second kappa shape index (κ2) is 8.49. The van der Waals surface area contributed by atoms with E-state index in [1.165, 1.54) is 35.7 Å². The topological polar surface area (TPSA) is 37.4 Å². The third-order valence-electron chi connectivity index (χ3n) is 4.98. The number of halogens is 4. The van der Waals surface area contributed by atoms with Crippen LogP contribution in [-0.2, 0) is 22.7 Å². The van der Waals surface area contributed by atoms with E-state index >= 15 is 0 Å². The van der Waals surface area contributed by atoms with Gasteiger partial charge in [-0.1, -0.05) is 24.3 Å². The Hall–Kier alpha value is -2.43. The largest absolute Gasteiger partial charge is 0.419 e. The van der Waals surface area contributed by atoms with Crippen molar-refractivity contribution in [2.24, 2.45) is 0 Å². The minimum absolute atomic E-state index is 0.0458. The van der Waals surface area contributed by atoms with Crippen LogP contribution in [0, 0.1) is 5.82 Å². The number of benzene rings is 2. The summed E-state index contributed by atoms with van der Waals surface area (Å²) in [7, 11) is -3.86. The maximum Gasteiger partial charge on any atom is 0.419 e. The van der Waals surface area contributed by atoms with E-state index in [4.69, 9.17) is 0 Å². The fourth-order valence-corrected chi connectivity index (χ4v) is 6.63. The third-order valence-corrected chi connectivity index (χ3v) is 8.68. The summed E-state index contributed by atoms with van der Waals surface area (Å²) in [6, 6.07) is 11.9. The summed E-state index contributed by atoms with van der Waals surface area (Å²) in [5, 5.41) is 5.05. The Labute approximate surface area is 190 Å². The van der Waals surface area contributed by atoms with Crippen molar-refractivity contribution in [1.82, 2.24) is 0 Å². The van der Waals surface area contributed by atoms with Crippen molar-refractivity contribution in [3.05, 3.63) is 76.2 Å². The highest BCUT2D eigenvalue weighted by Gasteiger charge is 2.35. The van der Waals surface area contributed by atoms with Gasteiger partial charge < -0.3 is 0 Å². The van der Waals surface area contributed by atoms with Crippen molar-refractivity contribution in [2.75, 3.05) is 10.1 Å². The molecule has 0 amide bonds. The van der Waals surface area contributed by atoms with Crippen molar-refractivity contribution in [2.45, 2.75) is 19.6 Å². The number of nitrogens with zero attached hydrogens (tertiary/aromatic N) is 1. The van der Waals surface area contributed by atoms with Crippen LogP contribution in [0.15, 0.2) is 59.3 Å². The van der Waals surface area contributed by atoms with Gasteiger partial charge in [0.15, 0.2) is 0 Å². The molecule has 2 heterocycles. The molecule has 168 valence electrons. The van der Waals surface area contributed by atoms with E-state index in [9.17, 15) is 26.0 Å². The molecule has 0 radical (unpaired) electrons. The number of anilines is 1. The highest BCUT2D eigenvalue weighted by molar-refractivity contribution is 7.92. The lowest BCUT2D eigenvalue weighted by Gasteiger charge is -2.24. The number of rotatable bonds is 6. The number of sulfonamides is 1. The molecular formula is C22H17F4NO2S3. The quantitative estimate of drug-likeness (QED) is 0.264. The van der Waals surface area contributed by atoms with E-state index in [1.54, 1.807) is 0 Å². The summed E-state index contributed by atoms with van der Waals surface area (Å²) < 4.78 is 81.6. The van der Waals surface area contributed by atoms with Gasteiger partial charge in [-0.3, -0.25) is 4.31 Å². The van der Waals surface area contributed by atoms with Crippen molar-refractivity contribution in [1.29, 1.82) is 0 Å². The number of hydrogen-bond donors (Lipinski definition) is 0. The van der Waals surface area contributed by atoms with Crippen LogP contribution in [0.25, 0.3) is 21.2 Å². The van der Waals surface area contributed by atoms with Gasteiger partial charge in [0, 0.05) is 15.6 Å². The molecule has 2 aromatic carbocycles. The smallest absolute Gasteiger partial charge is 0.256 e. The van der Waals surface area contributed by atoms with Crippen molar-refractivity contribution >= 4 is 47.8 Å². The molecule has 0 spiro atoms. The SMILES string of the molecule is CCS(=O)(=O)N(Cc1ccc(F)c(C(F)(F)F)c1)c1sc2ccccc2c1-c1ccsc1. The van der Waals surface area contributed by atoms with E-state index in [2.05, 4.69) is 0 Å². The van der Waals surface area contributed by atoms with Crippen molar-refractivity contribution in [3.63, 3.8) is 0 Å². The lowest BCUT2D eigenvalue weighted by Crippen LogP contribution is -2.31. The van der Waals surface area contributed by atoms with Crippen molar-refractivity contribution in [3.8, 4) is 11.1 Å². The average Bonchev–Trinajstić information content (AvgIpc) is 3.39. The van der Waals surface area contributed by atoms with Crippen LogP contribution in [0.1, 0.15) is 18.1 Å². The monoisotopic (exact) mass is 499 g/mol. The summed E-state index contributed by atoms with van der Waals surface area (Å²) in [5.74, 6) is -1.63. The second-order valence-electron chi connectivity index (χ2n) is 7.01. The molecule has 0 atom stereocenters. The third kappa shape index (κ3) is 4.26. The molecule has 10 heteroatoms. The molecule has 0 bridgehead atoms. The molecule has 0 aliphatic carbocycles. The molecule has 0 saturated carbocycles. The van der Waals surface area contributed by atoms with E-state index in [-0.39, 0.29) is 17.9 Å². The van der Waals surface area contributed by atoms with Crippen LogP contribution < -0.4 is 4.31 Å². The van der Waals surface area contributed by atoms with Crippen LogP contribution in [0.4, 0.5) is 22.6 Å². The van der Waals surface area contributed by atoms with Gasteiger partial charge in [0.1, 0.15) is 10.8 Å². The normalized spacial score (nSPS) is 12.4. The number of thiophene rings is 2. The maximum atomic E-state index is 13.8. The molecular weight excluding hydrogens is 482 g/mol. The molecule has 0 fully saturated rings. The van der Waals surface area contributed by atoms with Crippen LogP contribution in [-0.4, -0.2) is 14.2 Å². The van der Waals surface area contributed by atoms with Gasteiger partial charge in [-0.05, 0) is 53.1 Å². The fraction of sp³-hybridized carbons (Fsp3) is 0.182. The van der Waals surface area contributed by atoms with E-state index in [0.717, 1.165) is 26.0 Å². The summed E-state index contributed by atoms with van der Waals surface area (Å²) in [6.45, 7) is 1.13. The highest BCUT2D eigenvalue weighted by atomic mass is 32.2. The van der Waals surface area contributed by atoms with Crippen LogP contribution in [0.3, 0.4) is 0 Å². The predicted octanol–water partition coefficient (Wildman–Crippen LogP) is 7.14. The molecule has 0 unspecified atom stereocenters. The van der Waals surface area contributed by atoms with Gasteiger partial charge >= 0.3 is 6.18 Å². The first-order chi connectivity index (χ1) is 15.1. The zero-order valence-corrected chi connectivity index (χ0v) is 19.1. The first kappa shape index (κ1) is 22.8. The van der Waals surface area contributed by atoms with E-state index in [1.807, 2.05) is 41.1 Å². The number of fused-ring (bicyclic) bond motifs is 1. The molecule has 32 heavy (non-hydrogen) atoms. The molecule has 0 aliphatic rings. The minimum Gasteiger partial charge on any atom is -0.256 e. The Balaban J connectivity index is 1.91. The summed E-state index contributed by atoms with van der Waals surface area (Å²) >= 11 is 2.72. The second-order valence-corrected chi connectivity index (χ2v) is 11.0. The first-order valence-corrected chi connectivity index (χ1v) is 12.9. The Morgan fingerprint density at radius 1 is 1.06 bits per heavy atom. The van der Waals surface area contributed by atoms with E-state index in [0.29, 0.717) is 16.6 Å². The van der Waals surface area contributed by atoms with Gasteiger partial charge in [-0.2, -0.15) is 24.5 Å². The van der Waals surface area contributed by atoms with Crippen LogP contribution >= 0.6 is 22.7 Å². The first-order valence-electron chi connectivity index (χ1n) is 9.52. The van der Waals surface area contributed by atoms with Gasteiger partial charge in [0.05, 0.1) is 17.9 Å². The molecule has 4 rings (SSSR count). The van der Waals surface area contributed by atoms with Crippen molar-refractivity contribution < 1.29 is 26.0 Å². The minimum atomic E-state index is -4.88. The Kier molecular flexibility index (Phi) is 6.04. The van der Waals surface area contributed by atoms with Gasteiger partial charge in [-0.15, -0.1) is 11.3 Å². The van der Waals surface area contributed by atoms with Gasteiger partial charge in [0.2, 0.25) is 10.0 Å². The number of alkyl halides is 3. The zero-order chi connectivity index (χ0) is 23.1. The average molecular weight is 500 g/mol. The maximum absolute atomic E-state index is 13.8. The lowest BCUT2D eigenvalue weighted by atomic mass is 10.1. The highest BCUT2D eigenvalue weighted by Crippen LogP contribution is 2.46. The Morgan fingerprint density at radius 2 is 1.81 bits per heavy atom. The summed E-state index contributed by atoms with van der Waals surface area (Å²) in [4.78, 5) is 0.